The van der Waals surface area contributed by atoms with Crippen LogP contribution in [0.15, 0.2) is 30.3 Å². The van der Waals surface area contributed by atoms with Crippen molar-refractivity contribution >= 4 is 24.2 Å². The molecular formula is C18H23ClF3N3O2. The van der Waals surface area contributed by atoms with Gasteiger partial charge in [0.2, 0.25) is 11.8 Å². The molecule has 150 valence electrons. The van der Waals surface area contributed by atoms with Gasteiger partial charge in [-0.15, -0.1) is 12.4 Å². The number of nitrogens with zero attached hydrogens (tertiary/aromatic N) is 1. The van der Waals surface area contributed by atoms with Crippen molar-refractivity contribution in [3.63, 3.8) is 0 Å². The summed E-state index contributed by atoms with van der Waals surface area (Å²) in [6.07, 6.45) is -4.85. The molecule has 1 aromatic rings. The van der Waals surface area contributed by atoms with E-state index in [-0.39, 0.29) is 37.1 Å². The SMILES string of the molecule is Cl.NC[C@@H]1CN(C(=O)C2CCC(C(F)(F)F)NC2=O)C[C@H]1c1ccccc1. The summed E-state index contributed by atoms with van der Waals surface area (Å²) in [5, 5.41) is 1.94. The number of carbonyl (C=O) groups excluding carboxylic acids is 2. The van der Waals surface area contributed by atoms with Crippen LogP contribution < -0.4 is 11.1 Å². The van der Waals surface area contributed by atoms with Crippen LogP contribution in [-0.2, 0) is 9.59 Å². The van der Waals surface area contributed by atoms with Crippen LogP contribution in [0.1, 0.15) is 24.3 Å². The Balaban J connectivity index is 0.00000261. The van der Waals surface area contributed by atoms with E-state index in [0.29, 0.717) is 19.6 Å². The summed E-state index contributed by atoms with van der Waals surface area (Å²) >= 11 is 0. The van der Waals surface area contributed by atoms with Crippen LogP contribution in [0.4, 0.5) is 13.2 Å². The number of halogens is 4. The van der Waals surface area contributed by atoms with E-state index >= 15 is 0 Å². The van der Waals surface area contributed by atoms with Crippen LogP contribution in [0.2, 0.25) is 0 Å². The van der Waals surface area contributed by atoms with Crippen molar-refractivity contribution in [2.45, 2.75) is 31.0 Å². The summed E-state index contributed by atoms with van der Waals surface area (Å²) in [4.78, 5) is 26.4. The van der Waals surface area contributed by atoms with Crippen LogP contribution in [0, 0.1) is 11.8 Å². The molecule has 2 amide bonds. The summed E-state index contributed by atoms with van der Waals surface area (Å²) in [5.74, 6) is -2.16. The van der Waals surface area contributed by atoms with E-state index in [1.54, 1.807) is 4.90 Å². The van der Waals surface area contributed by atoms with Crippen LogP contribution in [-0.4, -0.2) is 48.6 Å². The first-order chi connectivity index (χ1) is 12.3. The van der Waals surface area contributed by atoms with Gasteiger partial charge in [0, 0.05) is 19.0 Å². The molecule has 3 N–H and O–H groups in total. The normalized spacial score (nSPS) is 28.4. The van der Waals surface area contributed by atoms with Crippen molar-refractivity contribution in [2.24, 2.45) is 17.6 Å². The number of hydrogen-bond donors (Lipinski definition) is 2. The maximum Gasteiger partial charge on any atom is 0.408 e. The molecule has 0 spiro atoms. The number of amides is 2. The zero-order valence-electron chi connectivity index (χ0n) is 14.6. The lowest BCUT2D eigenvalue weighted by Gasteiger charge is -2.31. The molecule has 0 aliphatic carbocycles. The highest BCUT2D eigenvalue weighted by molar-refractivity contribution is 6.01. The van der Waals surface area contributed by atoms with Gasteiger partial charge in [0.1, 0.15) is 12.0 Å². The van der Waals surface area contributed by atoms with Crippen LogP contribution in [0.3, 0.4) is 0 Å². The van der Waals surface area contributed by atoms with Crippen molar-refractivity contribution in [3.05, 3.63) is 35.9 Å². The summed E-state index contributed by atoms with van der Waals surface area (Å²) in [6.45, 7) is 1.24. The average Bonchev–Trinajstić information content (AvgIpc) is 3.05. The number of piperidine rings is 1. The van der Waals surface area contributed by atoms with Gasteiger partial charge in [-0.05, 0) is 30.9 Å². The fraction of sp³-hybridized carbons (Fsp3) is 0.556. The molecule has 4 atom stereocenters. The Morgan fingerprint density at radius 1 is 1.19 bits per heavy atom. The number of hydrogen-bond acceptors (Lipinski definition) is 3. The first-order valence-electron chi connectivity index (χ1n) is 8.72. The lowest BCUT2D eigenvalue weighted by atomic mass is 9.89. The molecule has 2 heterocycles. The maximum atomic E-state index is 12.8. The standard InChI is InChI=1S/C18H22F3N3O2.ClH/c19-18(20,21)15-7-6-13(16(25)23-15)17(26)24-9-12(8-22)14(10-24)11-4-2-1-3-5-11;/h1-5,12-15H,6-10,22H2,(H,23,25);1H/t12-,13?,14+,15?;/m1./s1. The Bertz CT molecular complexity index is 672. The second-order valence-electron chi connectivity index (χ2n) is 6.99. The quantitative estimate of drug-likeness (QED) is 0.756. The van der Waals surface area contributed by atoms with Gasteiger partial charge in [0.15, 0.2) is 0 Å². The van der Waals surface area contributed by atoms with Gasteiger partial charge in [0.05, 0.1) is 0 Å². The molecule has 27 heavy (non-hydrogen) atoms. The van der Waals surface area contributed by atoms with Gasteiger partial charge in [-0.2, -0.15) is 13.2 Å². The molecule has 2 unspecified atom stereocenters. The van der Waals surface area contributed by atoms with E-state index in [0.717, 1.165) is 5.56 Å². The van der Waals surface area contributed by atoms with Gasteiger partial charge in [0.25, 0.3) is 0 Å². The van der Waals surface area contributed by atoms with Crippen molar-refractivity contribution < 1.29 is 22.8 Å². The molecule has 9 heteroatoms. The fourth-order valence-corrected chi connectivity index (χ4v) is 3.88. The molecule has 0 bridgehead atoms. The highest BCUT2D eigenvalue weighted by atomic mass is 35.5. The number of nitrogens with two attached hydrogens (primary N) is 1. The third-order valence-electron chi connectivity index (χ3n) is 5.35. The molecule has 0 aromatic heterocycles. The minimum Gasteiger partial charge on any atom is -0.344 e. The Kier molecular flexibility index (Phi) is 6.75. The van der Waals surface area contributed by atoms with E-state index in [9.17, 15) is 22.8 Å². The minimum atomic E-state index is -4.49. The molecule has 2 aliphatic rings. The summed E-state index contributed by atoms with van der Waals surface area (Å²) in [6, 6.07) is 7.82. The Labute approximate surface area is 161 Å². The molecule has 3 rings (SSSR count). The second kappa shape index (κ2) is 8.48. The largest absolute Gasteiger partial charge is 0.408 e. The lowest BCUT2D eigenvalue weighted by Crippen LogP contribution is -2.54. The van der Waals surface area contributed by atoms with E-state index in [4.69, 9.17) is 5.73 Å². The van der Waals surface area contributed by atoms with Gasteiger partial charge < -0.3 is 16.0 Å². The average molecular weight is 406 g/mol. The fourth-order valence-electron chi connectivity index (χ4n) is 3.88. The van der Waals surface area contributed by atoms with Crippen molar-refractivity contribution in [1.82, 2.24) is 10.2 Å². The number of carbonyl (C=O) groups is 2. The van der Waals surface area contributed by atoms with E-state index in [2.05, 4.69) is 0 Å². The lowest BCUT2D eigenvalue weighted by molar-refractivity contribution is -0.172. The Morgan fingerprint density at radius 3 is 2.41 bits per heavy atom. The number of alkyl halides is 3. The highest BCUT2D eigenvalue weighted by Crippen LogP contribution is 2.34. The zero-order chi connectivity index (χ0) is 18.9. The molecule has 5 nitrogen and oxygen atoms in total. The van der Waals surface area contributed by atoms with Gasteiger partial charge in [-0.3, -0.25) is 9.59 Å². The second-order valence-corrected chi connectivity index (χ2v) is 6.99. The Hall–Kier alpha value is -1.80. The predicted octanol–water partition coefficient (Wildman–Crippen LogP) is 2.07. The first kappa shape index (κ1) is 21.5. The van der Waals surface area contributed by atoms with Crippen molar-refractivity contribution in [2.75, 3.05) is 19.6 Å². The zero-order valence-corrected chi connectivity index (χ0v) is 15.4. The van der Waals surface area contributed by atoms with Gasteiger partial charge in [-0.1, -0.05) is 30.3 Å². The molecule has 2 saturated heterocycles. The minimum absolute atomic E-state index is 0. The topological polar surface area (TPSA) is 75.4 Å². The highest BCUT2D eigenvalue weighted by Gasteiger charge is 2.47. The molecule has 2 fully saturated rings. The number of rotatable bonds is 3. The van der Waals surface area contributed by atoms with Gasteiger partial charge >= 0.3 is 6.18 Å². The van der Waals surface area contributed by atoms with Crippen molar-refractivity contribution in [1.29, 1.82) is 0 Å². The molecule has 0 saturated carbocycles. The van der Waals surface area contributed by atoms with Crippen LogP contribution in [0.5, 0.6) is 0 Å². The summed E-state index contributed by atoms with van der Waals surface area (Å²) in [5.41, 5.74) is 6.93. The van der Waals surface area contributed by atoms with Crippen LogP contribution >= 0.6 is 12.4 Å². The first-order valence-corrected chi connectivity index (χ1v) is 8.72. The van der Waals surface area contributed by atoms with Crippen LogP contribution in [0.25, 0.3) is 0 Å². The predicted molar refractivity (Wildman–Crippen MR) is 96.3 cm³/mol. The third kappa shape index (κ3) is 4.55. The Morgan fingerprint density at radius 2 is 1.85 bits per heavy atom. The molecular weight excluding hydrogens is 383 g/mol. The number of benzene rings is 1. The summed E-state index contributed by atoms with van der Waals surface area (Å²) < 4.78 is 38.3. The summed E-state index contributed by atoms with van der Waals surface area (Å²) in [7, 11) is 0. The maximum absolute atomic E-state index is 12.8. The van der Waals surface area contributed by atoms with Gasteiger partial charge in [-0.25, -0.2) is 0 Å². The van der Waals surface area contributed by atoms with E-state index < -0.39 is 30.0 Å². The smallest absolute Gasteiger partial charge is 0.344 e. The molecule has 0 radical (unpaired) electrons. The van der Waals surface area contributed by atoms with E-state index in [1.165, 1.54) is 0 Å². The number of nitrogens with one attached hydrogen (secondary N) is 1. The monoisotopic (exact) mass is 405 g/mol. The van der Waals surface area contributed by atoms with Crippen molar-refractivity contribution in [3.8, 4) is 0 Å². The van der Waals surface area contributed by atoms with E-state index in [1.807, 2.05) is 35.6 Å². The molecule has 1 aromatic carbocycles. The molecule has 2 aliphatic heterocycles. The third-order valence-corrected chi connectivity index (χ3v) is 5.35. The number of likely N-dealkylation sites (tertiary alicyclic amines) is 1.